The second kappa shape index (κ2) is 8.36. The zero-order valence-corrected chi connectivity index (χ0v) is 12.3. The Hall–Kier alpha value is -2.11. The van der Waals surface area contributed by atoms with Crippen molar-refractivity contribution in [3.8, 4) is 0 Å². The maximum atomic E-state index is 11.5. The van der Waals surface area contributed by atoms with Crippen molar-refractivity contribution in [2.45, 2.75) is 19.6 Å². The van der Waals surface area contributed by atoms with E-state index in [9.17, 15) is 4.79 Å². The van der Waals surface area contributed by atoms with Gasteiger partial charge in [0.1, 0.15) is 13.2 Å². The van der Waals surface area contributed by atoms with Gasteiger partial charge in [-0.25, -0.2) is 4.79 Å². The highest BCUT2D eigenvalue weighted by Gasteiger charge is 2.10. The fourth-order valence-corrected chi connectivity index (χ4v) is 2.02. The highest BCUT2D eigenvalue weighted by molar-refractivity contribution is 5.60. The minimum atomic E-state index is -0.718. The zero-order valence-electron chi connectivity index (χ0n) is 12.3. The van der Waals surface area contributed by atoms with Gasteiger partial charge in [-0.3, -0.25) is 0 Å². The first kappa shape index (κ1) is 16.3. The minimum Gasteiger partial charge on any atom is -0.429 e. The molecule has 5 heteroatoms. The largest absolute Gasteiger partial charge is 0.508 e. The van der Waals surface area contributed by atoms with E-state index in [0.717, 1.165) is 23.1 Å². The molecule has 1 aromatic carbocycles. The van der Waals surface area contributed by atoms with E-state index in [1.165, 1.54) is 0 Å². The fraction of sp³-hybridized carbons (Fsp3) is 0.353. The summed E-state index contributed by atoms with van der Waals surface area (Å²) in [6.45, 7) is 0.407. The summed E-state index contributed by atoms with van der Waals surface area (Å²) in [5.41, 5.74) is 2.54. The van der Waals surface area contributed by atoms with Gasteiger partial charge in [0.15, 0.2) is 0 Å². The summed E-state index contributed by atoms with van der Waals surface area (Å²) >= 11 is 0. The third-order valence-electron chi connectivity index (χ3n) is 3.42. The molecular formula is C17H20O5. The van der Waals surface area contributed by atoms with Crippen LogP contribution in [0.2, 0.25) is 0 Å². The van der Waals surface area contributed by atoms with Gasteiger partial charge in [0, 0.05) is 12.5 Å². The number of hydrogen-bond donors (Lipinski definition) is 2. The molecule has 2 rings (SSSR count). The van der Waals surface area contributed by atoms with Gasteiger partial charge < -0.3 is 19.7 Å². The predicted octanol–water partition coefficient (Wildman–Crippen LogP) is 2.33. The molecule has 0 saturated heterocycles. The van der Waals surface area contributed by atoms with E-state index in [0.29, 0.717) is 0 Å². The van der Waals surface area contributed by atoms with Crippen molar-refractivity contribution in [3.05, 3.63) is 59.2 Å². The molecule has 0 fully saturated rings. The maximum absolute atomic E-state index is 11.5. The monoisotopic (exact) mass is 304 g/mol. The Bertz CT molecular complexity index is 545. The second-order valence-corrected chi connectivity index (χ2v) is 5.12. The lowest BCUT2D eigenvalue weighted by Gasteiger charge is -2.13. The van der Waals surface area contributed by atoms with Crippen molar-refractivity contribution in [1.29, 1.82) is 0 Å². The molecule has 0 radical (unpaired) electrons. The van der Waals surface area contributed by atoms with E-state index in [4.69, 9.17) is 19.7 Å². The van der Waals surface area contributed by atoms with E-state index < -0.39 is 6.16 Å². The van der Waals surface area contributed by atoms with Gasteiger partial charge in [0.25, 0.3) is 0 Å². The zero-order chi connectivity index (χ0) is 15.8. The lowest BCUT2D eigenvalue weighted by atomic mass is 9.98. The molecular weight excluding hydrogens is 284 g/mol. The van der Waals surface area contributed by atoms with Crippen molar-refractivity contribution in [1.82, 2.24) is 0 Å². The average Bonchev–Trinajstić information content (AvgIpc) is 2.59. The van der Waals surface area contributed by atoms with Crippen LogP contribution in [-0.4, -0.2) is 29.6 Å². The minimum absolute atomic E-state index is 0.0110. The number of aliphatic hydroxyl groups is 2. The lowest BCUT2D eigenvalue weighted by molar-refractivity contribution is 0.0563. The number of carbonyl (C=O) groups is 1. The topological polar surface area (TPSA) is 76.0 Å². The summed E-state index contributed by atoms with van der Waals surface area (Å²) in [6, 6.07) is 7.14. The van der Waals surface area contributed by atoms with Crippen molar-refractivity contribution >= 4 is 6.16 Å². The highest BCUT2D eigenvalue weighted by Crippen LogP contribution is 2.16. The van der Waals surface area contributed by atoms with Crippen molar-refractivity contribution in [3.63, 3.8) is 0 Å². The molecule has 0 bridgehead atoms. The Labute approximate surface area is 129 Å². The Morgan fingerprint density at radius 3 is 2.36 bits per heavy atom. The summed E-state index contributed by atoms with van der Waals surface area (Å²) in [7, 11) is 0. The number of allylic oxidation sites excluding steroid dienone is 1. The average molecular weight is 304 g/mol. The Balaban J connectivity index is 1.70. The van der Waals surface area contributed by atoms with Gasteiger partial charge in [-0.2, -0.15) is 0 Å². The molecule has 1 aliphatic carbocycles. The van der Waals surface area contributed by atoms with E-state index in [2.05, 4.69) is 0 Å². The molecule has 0 amide bonds. The van der Waals surface area contributed by atoms with Gasteiger partial charge >= 0.3 is 6.16 Å². The number of aliphatic hydroxyl groups excluding tert-OH is 2. The van der Waals surface area contributed by atoms with Gasteiger partial charge in [0.05, 0.1) is 6.61 Å². The van der Waals surface area contributed by atoms with Crippen LogP contribution >= 0.6 is 0 Å². The normalized spacial score (nSPS) is 17.0. The second-order valence-electron chi connectivity index (χ2n) is 5.12. The number of benzene rings is 1. The Kier molecular flexibility index (Phi) is 6.18. The van der Waals surface area contributed by atoms with Crippen LogP contribution in [-0.2, 0) is 22.7 Å². The number of rotatable bonds is 6. The fourth-order valence-electron chi connectivity index (χ4n) is 2.02. The van der Waals surface area contributed by atoms with Crippen molar-refractivity contribution in [2.24, 2.45) is 5.92 Å². The summed E-state index contributed by atoms with van der Waals surface area (Å²) in [5, 5.41) is 17.9. The molecule has 0 aromatic heterocycles. The third-order valence-corrected chi connectivity index (χ3v) is 3.42. The van der Waals surface area contributed by atoms with Crippen LogP contribution in [0.25, 0.3) is 0 Å². The van der Waals surface area contributed by atoms with Gasteiger partial charge in [-0.1, -0.05) is 42.5 Å². The standard InChI is InChI=1S/C17H20O5/c18-9-13-1-5-15(6-2-13)11-21-17(20)22-12-16-7-3-14(10-19)4-8-16/h1-3,5-8,14,18-19H,4,9-12H2/t14-/m1/s1. The maximum Gasteiger partial charge on any atom is 0.508 e. The van der Waals surface area contributed by atoms with Gasteiger partial charge in [-0.05, 0) is 23.1 Å². The number of ether oxygens (including phenoxy) is 2. The molecule has 0 heterocycles. The molecule has 1 atom stereocenters. The molecule has 118 valence electrons. The van der Waals surface area contributed by atoms with Crippen LogP contribution in [0, 0.1) is 5.92 Å². The van der Waals surface area contributed by atoms with Crippen molar-refractivity contribution < 1.29 is 24.5 Å². The quantitative estimate of drug-likeness (QED) is 0.789. The van der Waals surface area contributed by atoms with E-state index in [1.807, 2.05) is 18.2 Å². The molecule has 0 unspecified atom stereocenters. The third kappa shape index (κ3) is 5.02. The van der Waals surface area contributed by atoms with E-state index in [-0.39, 0.29) is 32.3 Å². The molecule has 22 heavy (non-hydrogen) atoms. The molecule has 1 aromatic rings. The Morgan fingerprint density at radius 1 is 1.09 bits per heavy atom. The Morgan fingerprint density at radius 2 is 1.77 bits per heavy atom. The SMILES string of the molecule is O=C(OCC1=CC[C@H](CO)C=C1)OCc1ccc(CO)cc1. The summed E-state index contributed by atoms with van der Waals surface area (Å²) in [6.07, 6.45) is 5.74. The van der Waals surface area contributed by atoms with Gasteiger partial charge in [0.2, 0.25) is 0 Å². The smallest absolute Gasteiger partial charge is 0.429 e. The van der Waals surface area contributed by atoms with Crippen LogP contribution in [0.3, 0.4) is 0 Å². The molecule has 5 nitrogen and oxygen atoms in total. The molecule has 0 spiro atoms. The first-order valence-corrected chi connectivity index (χ1v) is 7.17. The summed E-state index contributed by atoms with van der Waals surface area (Å²) in [4.78, 5) is 11.5. The molecule has 0 aliphatic heterocycles. The van der Waals surface area contributed by atoms with Crippen LogP contribution in [0.4, 0.5) is 4.79 Å². The molecule has 0 saturated carbocycles. The predicted molar refractivity (Wildman–Crippen MR) is 80.9 cm³/mol. The van der Waals surface area contributed by atoms with Crippen LogP contribution < -0.4 is 0 Å². The summed E-state index contributed by atoms with van der Waals surface area (Å²) < 4.78 is 10.1. The van der Waals surface area contributed by atoms with Crippen molar-refractivity contribution in [2.75, 3.05) is 13.2 Å². The highest BCUT2D eigenvalue weighted by atomic mass is 16.7. The summed E-state index contributed by atoms with van der Waals surface area (Å²) in [5.74, 6) is 0.151. The van der Waals surface area contributed by atoms with Crippen LogP contribution in [0.5, 0.6) is 0 Å². The van der Waals surface area contributed by atoms with E-state index >= 15 is 0 Å². The number of hydrogen-bond acceptors (Lipinski definition) is 5. The molecule has 2 N–H and O–H groups in total. The van der Waals surface area contributed by atoms with Crippen LogP contribution in [0.1, 0.15) is 17.5 Å². The van der Waals surface area contributed by atoms with Crippen LogP contribution in [0.15, 0.2) is 48.1 Å². The molecule has 1 aliphatic rings. The first-order chi connectivity index (χ1) is 10.7. The van der Waals surface area contributed by atoms with E-state index in [1.54, 1.807) is 24.3 Å². The lowest BCUT2D eigenvalue weighted by Crippen LogP contribution is -2.11. The number of carbonyl (C=O) groups excluding carboxylic acids is 1. The van der Waals surface area contributed by atoms with Gasteiger partial charge in [-0.15, -0.1) is 0 Å². The first-order valence-electron chi connectivity index (χ1n) is 7.17.